The second kappa shape index (κ2) is 4.18. The van der Waals surface area contributed by atoms with Crippen LogP contribution in [0.1, 0.15) is 5.56 Å². The second-order valence-electron chi connectivity index (χ2n) is 2.48. The molecule has 0 amide bonds. The Morgan fingerprint density at radius 2 is 2.23 bits per heavy atom. The summed E-state index contributed by atoms with van der Waals surface area (Å²) >= 11 is 5.44. The molecule has 0 bridgehead atoms. The summed E-state index contributed by atoms with van der Waals surface area (Å²) in [5.74, 6) is -0.452. The largest absolute Gasteiger partial charge is 0.305 e. The number of rotatable bonds is 3. The molecule has 0 aliphatic rings. The molecule has 3 nitrogen and oxygen atoms in total. The van der Waals surface area contributed by atoms with Crippen LogP contribution in [0.4, 0.5) is 10.1 Å². The van der Waals surface area contributed by atoms with Crippen LogP contribution in [0, 0.1) is 15.9 Å². The lowest BCUT2D eigenvalue weighted by molar-refractivity contribution is -0.387. The van der Waals surface area contributed by atoms with Crippen LogP contribution in [0.25, 0.3) is 0 Å². The molecule has 0 radical (unpaired) electrons. The highest BCUT2D eigenvalue weighted by molar-refractivity contribution is 6.17. The topological polar surface area (TPSA) is 43.1 Å². The fourth-order valence-electron chi connectivity index (χ4n) is 0.963. The van der Waals surface area contributed by atoms with E-state index in [1.54, 1.807) is 0 Å². The normalized spacial score (nSPS) is 10.0. The molecule has 5 heteroatoms. The molecule has 0 unspecified atom stereocenters. The van der Waals surface area contributed by atoms with Gasteiger partial charge in [-0.15, -0.1) is 11.6 Å². The van der Waals surface area contributed by atoms with Crippen molar-refractivity contribution in [1.29, 1.82) is 0 Å². The molecule has 70 valence electrons. The summed E-state index contributed by atoms with van der Waals surface area (Å²) in [6.07, 6.45) is 0.503. The van der Waals surface area contributed by atoms with Crippen LogP contribution in [0.3, 0.4) is 0 Å². The first-order valence-electron chi connectivity index (χ1n) is 3.64. The predicted octanol–water partition coefficient (Wildman–Crippen LogP) is 2.52. The number of halogens is 2. The van der Waals surface area contributed by atoms with E-state index in [-0.39, 0.29) is 0 Å². The molecule has 0 aliphatic carbocycles. The summed E-state index contributed by atoms with van der Waals surface area (Å²) in [6.45, 7) is 0. The number of hydrogen-bond acceptors (Lipinski definition) is 2. The zero-order chi connectivity index (χ0) is 9.84. The summed E-state index contributed by atoms with van der Waals surface area (Å²) in [6, 6.07) is 3.78. The molecule has 0 fully saturated rings. The van der Waals surface area contributed by atoms with Crippen LogP contribution in [-0.4, -0.2) is 10.8 Å². The maximum atomic E-state index is 12.8. The monoisotopic (exact) mass is 203 g/mol. The van der Waals surface area contributed by atoms with Gasteiger partial charge in [0.25, 0.3) is 0 Å². The Bertz CT molecular complexity index is 330. The predicted molar refractivity (Wildman–Crippen MR) is 47.5 cm³/mol. The Kier molecular flexibility index (Phi) is 3.19. The van der Waals surface area contributed by atoms with Gasteiger partial charge in [0.15, 0.2) is 0 Å². The third-order valence-electron chi connectivity index (χ3n) is 1.59. The van der Waals surface area contributed by atoms with E-state index >= 15 is 0 Å². The standard InChI is InChI=1S/C8H7ClFNO2/c9-4-3-6-1-2-7(10)8(5-6)11(12)13/h1-2,5H,3-4H2. The average Bonchev–Trinajstić information content (AvgIpc) is 2.08. The Morgan fingerprint density at radius 1 is 1.54 bits per heavy atom. The first kappa shape index (κ1) is 9.92. The smallest absolute Gasteiger partial charge is 0.258 e. The lowest BCUT2D eigenvalue weighted by Crippen LogP contribution is -1.95. The Balaban J connectivity index is 3.04. The van der Waals surface area contributed by atoms with Crippen molar-refractivity contribution in [3.8, 4) is 0 Å². The molecule has 0 saturated heterocycles. The van der Waals surface area contributed by atoms with Gasteiger partial charge in [0.2, 0.25) is 5.82 Å². The highest BCUT2D eigenvalue weighted by atomic mass is 35.5. The van der Waals surface area contributed by atoms with Crippen molar-refractivity contribution in [2.75, 3.05) is 5.88 Å². The number of nitrogens with zero attached hydrogens (tertiary/aromatic N) is 1. The maximum Gasteiger partial charge on any atom is 0.305 e. The molecule has 0 N–H and O–H groups in total. The maximum absolute atomic E-state index is 12.8. The Morgan fingerprint density at radius 3 is 2.77 bits per heavy atom. The van der Waals surface area contributed by atoms with Crippen molar-refractivity contribution in [2.45, 2.75) is 6.42 Å². The minimum atomic E-state index is -0.816. The average molecular weight is 204 g/mol. The summed E-state index contributed by atoms with van der Waals surface area (Å²) in [4.78, 5) is 9.57. The van der Waals surface area contributed by atoms with Crippen LogP contribution >= 0.6 is 11.6 Å². The lowest BCUT2D eigenvalue weighted by Gasteiger charge is -1.98. The molecule has 0 heterocycles. The van der Waals surface area contributed by atoms with Crippen LogP contribution in [0.5, 0.6) is 0 Å². The van der Waals surface area contributed by atoms with E-state index in [0.717, 1.165) is 6.07 Å². The minimum Gasteiger partial charge on any atom is -0.258 e. The van der Waals surface area contributed by atoms with Gasteiger partial charge in [0.1, 0.15) is 0 Å². The molecule has 1 rings (SSSR count). The molecule has 0 aromatic heterocycles. The Hall–Kier alpha value is -1.16. The molecule has 1 aromatic rings. The number of hydrogen-bond donors (Lipinski definition) is 0. The van der Waals surface area contributed by atoms with E-state index in [4.69, 9.17) is 11.6 Å². The fourth-order valence-corrected chi connectivity index (χ4v) is 1.18. The van der Waals surface area contributed by atoms with E-state index in [1.165, 1.54) is 12.1 Å². The molecular weight excluding hydrogens is 197 g/mol. The van der Waals surface area contributed by atoms with Crippen molar-refractivity contribution in [3.63, 3.8) is 0 Å². The quantitative estimate of drug-likeness (QED) is 0.430. The van der Waals surface area contributed by atoms with E-state index in [1.807, 2.05) is 0 Å². The van der Waals surface area contributed by atoms with Gasteiger partial charge in [-0.05, 0) is 18.1 Å². The zero-order valence-electron chi connectivity index (χ0n) is 6.67. The van der Waals surface area contributed by atoms with Crippen LogP contribution in [-0.2, 0) is 6.42 Å². The summed E-state index contributed by atoms with van der Waals surface area (Å²) in [5.41, 5.74) is 0.172. The number of nitro benzene ring substituents is 1. The van der Waals surface area contributed by atoms with Gasteiger partial charge in [-0.25, -0.2) is 0 Å². The van der Waals surface area contributed by atoms with Crippen LogP contribution in [0.2, 0.25) is 0 Å². The second-order valence-corrected chi connectivity index (χ2v) is 2.86. The zero-order valence-corrected chi connectivity index (χ0v) is 7.42. The highest BCUT2D eigenvalue weighted by Gasteiger charge is 2.13. The van der Waals surface area contributed by atoms with Gasteiger partial charge in [-0.2, -0.15) is 4.39 Å². The minimum absolute atomic E-state index is 0.364. The molecule has 0 saturated carbocycles. The van der Waals surface area contributed by atoms with Crippen LogP contribution < -0.4 is 0 Å². The highest BCUT2D eigenvalue weighted by Crippen LogP contribution is 2.18. The fraction of sp³-hybridized carbons (Fsp3) is 0.250. The molecular formula is C8H7ClFNO2. The molecule has 0 aliphatic heterocycles. The van der Waals surface area contributed by atoms with Gasteiger partial charge in [0, 0.05) is 11.9 Å². The van der Waals surface area contributed by atoms with E-state index in [2.05, 4.69) is 0 Å². The molecule has 13 heavy (non-hydrogen) atoms. The van der Waals surface area contributed by atoms with Gasteiger partial charge in [-0.3, -0.25) is 10.1 Å². The number of nitro groups is 1. The molecule has 0 spiro atoms. The third kappa shape index (κ3) is 2.39. The first-order chi connectivity index (χ1) is 6.15. The molecule has 1 aromatic carbocycles. The third-order valence-corrected chi connectivity index (χ3v) is 1.78. The van der Waals surface area contributed by atoms with Gasteiger partial charge in [0.05, 0.1) is 4.92 Å². The Labute approximate surface area is 79.3 Å². The van der Waals surface area contributed by atoms with E-state index in [9.17, 15) is 14.5 Å². The summed E-state index contributed by atoms with van der Waals surface area (Å²) in [7, 11) is 0. The van der Waals surface area contributed by atoms with Crippen LogP contribution in [0.15, 0.2) is 18.2 Å². The van der Waals surface area contributed by atoms with E-state index in [0.29, 0.717) is 17.9 Å². The number of alkyl halides is 1. The summed E-state index contributed by atoms with van der Waals surface area (Å²) < 4.78 is 12.8. The SMILES string of the molecule is O=[N+]([O-])c1cc(CCCl)ccc1F. The van der Waals surface area contributed by atoms with Crippen molar-refractivity contribution in [3.05, 3.63) is 39.7 Å². The van der Waals surface area contributed by atoms with Crippen molar-refractivity contribution < 1.29 is 9.31 Å². The first-order valence-corrected chi connectivity index (χ1v) is 4.17. The van der Waals surface area contributed by atoms with Gasteiger partial charge >= 0.3 is 5.69 Å². The van der Waals surface area contributed by atoms with Crippen molar-refractivity contribution in [2.24, 2.45) is 0 Å². The lowest BCUT2D eigenvalue weighted by atomic mass is 10.1. The van der Waals surface area contributed by atoms with Gasteiger partial charge < -0.3 is 0 Å². The number of benzene rings is 1. The number of aryl methyl sites for hydroxylation is 1. The van der Waals surface area contributed by atoms with Gasteiger partial charge in [-0.1, -0.05) is 6.07 Å². The van der Waals surface area contributed by atoms with E-state index < -0.39 is 16.4 Å². The van der Waals surface area contributed by atoms with Crippen molar-refractivity contribution in [1.82, 2.24) is 0 Å². The van der Waals surface area contributed by atoms with Crippen molar-refractivity contribution >= 4 is 17.3 Å². The molecule has 0 atom stereocenters. The summed E-state index contributed by atoms with van der Waals surface area (Å²) in [5, 5.41) is 10.3.